The minimum atomic E-state index is -0.528. The number of nitrogens with zero attached hydrogens (tertiary/aromatic N) is 3. The standard InChI is InChI=1S/C24H25ClFN5O4/c1-4-35-23(33)13-31(2)9-5-6-22(32)30-20-11-16-19(12-21(20)34-3)27-14-28-24(16)29-15-7-8-18(26)17(25)10-15/h5-8,10-12,14H,4,9,13H2,1-3H3,(H,30,32)(H,27,28,29)/b6-5+. The molecular formula is C24H25ClFN5O4. The molecule has 0 atom stereocenters. The Bertz CT molecular complexity index is 1250. The van der Waals surface area contributed by atoms with Crippen molar-refractivity contribution in [2.45, 2.75) is 6.92 Å². The van der Waals surface area contributed by atoms with Crippen molar-refractivity contribution >= 4 is 51.6 Å². The van der Waals surface area contributed by atoms with Crippen molar-refractivity contribution < 1.29 is 23.5 Å². The molecule has 184 valence electrons. The minimum absolute atomic E-state index is 0.0253. The van der Waals surface area contributed by atoms with E-state index in [-0.39, 0.29) is 23.4 Å². The summed E-state index contributed by atoms with van der Waals surface area (Å²) in [7, 11) is 3.23. The highest BCUT2D eigenvalue weighted by Crippen LogP contribution is 2.33. The lowest BCUT2D eigenvalue weighted by atomic mass is 10.1. The lowest BCUT2D eigenvalue weighted by Crippen LogP contribution is -2.27. The number of benzene rings is 2. The number of likely N-dealkylation sites (N-methyl/N-ethyl adjacent to an activating group) is 1. The number of hydrogen-bond acceptors (Lipinski definition) is 8. The van der Waals surface area contributed by atoms with Crippen LogP contribution in [0.5, 0.6) is 5.75 Å². The van der Waals surface area contributed by atoms with Crippen LogP contribution in [0.4, 0.5) is 21.6 Å². The van der Waals surface area contributed by atoms with E-state index in [1.165, 1.54) is 37.7 Å². The Labute approximate surface area is 206 Å². The molecule has 1 aromatic heterocycles. The van der Waals surface area contributed by atoms with Crippen LogP contribution in [-0.4, -0.2) is 60.6 Å². The third-order valence-corrected chi connectivity index (χ3v) is 5.08. The van der Waals surface area contributed by atoms with Gasteiger partial charge in [0.25, 0.3) is 0 Å². The second-order valence-electron chi connectivity index (χ2n) is 7.44. The number of esters is 1. The highest BCUT2D eigenvalue weighted by atomic mass is 35.5. The molecule has 35 heavy (non-hydrogen) atoms. The molecule has 9 nitrogen and oxygen atoms in total. The van der Waals surface area contributed by atoms with Gasteiger partial charge in [-0.1, -0.05) is 17.7 Å². The number of carbonyl (C=O) groups excluding carboxylic acids is 2. The maximum absolute atomic E-state index is 13.5. The zero-order valence-corrected chi connectivity index (χ0v) is 20.2. The lowest BCUT2D eigenvalue weighted by Gasteiger charge is -2.14. The third-order valence-electron chi connectivity index (χ3n) is 4.79. The van der Waals surface area contributed by atoms with Gasteiger partial charge in [-0.25, -0.2) is 14.4 Å². The molecule has 0 radical (unpaired) electrons. The molecule has 0 unspecified atom stereocenters. The number of aromatic nitrogens is 2. The quantitative estimate of drug-likeness (QED) is 0.315. The zero-order chi connectivity index (χ0) is 25.4. The summed E-state index contributed by atoms with van der Waals surface area (Å²) in [6, 6.07) is 7.58. The van der Waals surface area contributed by atoms with Crippen molar-refractivity contribution in [2.24, 2.45) is 0 Å². The van der Waals surface area contributed by atoms with Gasteiger partial charge in [0.1, 0.15) is 23.7 Å². The number of hydrogen-bond donors (Lipinski definition) is 2. The second-order valence-corrected chi connectivity index (χ2v) is 7.85. The first-order valence-electron chi connectivity index (χ1n) is 10.7. The predicted octanol–water partition coefficient (Wildman–Crippen LogP) is 4.16. The third kappa shape index (κ3) is 7.11. The Morgan fingerprint density at radius 1 is 1.23 bits per heavy atom. The smallest absolute Gasteiger partial charge is 0.320 e. The van der Waals surface area contributed by atoms with Gasteiger partial charge in [0, 0.05) is 29.8 Å². The summed E-state index contributed by atoms with van der Waals surface area (Å²) < 4.78 is 23.8. The van der Waals surface area contributed by atoms with Crippen molar-refractivity contribution in [3.63, 3.8) is 0 Å². The largest absolute Gasteiger partial charge is 0.494 e. The maximum atomic E-state index is 13.5. The highest BCUT2D eigenvalue weighted by molar-refractivity contribution is 6.31. The van der Waals surface area contributed by atoms with E-state index < -0.39 is 5.82 Å². The van der Waals surface area contributed by atoms with Crippen molar-refractivity contribution in [1.82, 2.24) is 14.9 Å². The first-order chi connectivity index (χ1) is 16.8. The van der Waals surface area contributed by atoms with Crippen molar-refractivity contribution in [2.75, 3.05) is 44.5 Å². The Balaban J connectivity index is 1.77. The molecule has 1 amide bonds. The molecule has 0 aliphatic heterocycles. The molecule has 11 heteroatoms. The van der Waals surface area contributed by atoms with Crippen LogP contribution in [0.15, 0.2) is 48.8 Å². The Morgan fingerprint density at radius 2 is 2.03 bits per heavy atom. The van der Waals surface area contributed by atoms with Crippen LogP contribution in [-0.2, 0) is 14.3 Å². The topological polar surface area (TPSA) is 106 Å². The van der Waals surface area contributed by atoms with Gasteiger partial charge in [0.2, 0.25) is 5.91 Å². The molecule has 0 aliphatic rings. The van der Waals surface area contributed by atoms with Crippen LogP contribution >= 0.6 is 11.6 Å². The molecule has 0 saturated carbocycles. The average Bonchev–Trinajstić information content (AvgIpc) is 2.81. The number of methoxy groups -OCH3 is 1. The van der Waals surface area contributed by atoms with Crippen molar-refractivity contribution in [1.29, 1.82) is 0 Å². The average molecular weight is 502 g/mol. The summed E-state index contributed by atoms with van der Waals surface area (Å²) in [5, 5.41) is 6.45. The number of halogens is 2. The van der Waals surface area contributed by atoms with Gasteiger partial charge in [-0.15, -0.1) is 0 Å². The molecule has 0 aliphatic carbocycles. The van der Waals surface area contributed by atoms with Crippen LogP contribution in [0, 0.1) is 5.82 Å². The lowest BCUT2D eigenvalue weighted by molar-refractivity contribution is -0.143. The highest BCUT2D eigenvalue weighted by Gasteiger charge is 2.13. The molecule has 3 rings (SSSR count). The summed E-state index contributed by atoms with van der Waals surface area (Å²) in [6.45, 7) is 2.56. The van der Waals surface area contributed by atoms with E-state index in [0.717, 1.165) is 0 Å². The molecular weight excluding hydrogens is 477 g/mol. The van der Waals surface area contributed by atoms with Crippen LogP contribution < -0.4 is 15.4 Å². The molecule has 0 fully saturated rings. The van der Waals surface area contributed by atoms with Crippen molar-refractivity contribution in [3.05, 3.63) is 59.7 Å². The Morgan fingerprint density at radius 3 is 2.74 bits per heavy atom. The fourth-order valence-corrected chi connectivity index (χ4v) is 3.35. The fraction of sp³-hybridized carbons (Fsp3) is 0.250. The molecule has 0 spiro atoms. The molecule has 1 heterocycles. The molecule has 0 saturated heterocycles. The first kappa shape index (κ1) is 25.9. The van der Waals surface area contributed by atoms with Gasteiger partial charge >= 0.3 is 5.97 Å². The SMILES string of the molecule is CCOC(=O)CN(C)C/C=C/C(=O)Nc1cc2c(Nc3ccc(F)c(Cl)c3)ncnc2cc1OC. The second kappa shape index (κ2) is 12.1. The maximum Gasteiger partial charge on any atom is 0.320 e. The zero-order valence-electron chi connectivity index (χ0n) is 19.5. The molecule has 2 N–H and O–H groups in total. The number of anilines is 3. The van der Waals surface area contributed by atoms with Gasteiger partial charge in [-0.3, -0.25) is 14.5 Å². The molecule has 2 aromatic carbocycles. The van der Waals surface area contributed by atoms with E-state index in [9.17, 15) is 14.0 Å². The summed E-state index contributed by atoms with van der Waals surface area (Å²) >= 11 is 5.88. The summed E-state index contributed by atoms with van der Waals surface area (Å²) in [6.07, 6.45) is 4.38. The number of amides is 1. The monoisotopic (exact) mass is 501 g/mol. The minimum Gasteiger partial charge on any atom is -0.494 e. The summed E-state index contributed by atoms with van der Waals surface area (Å²) in [5.41, 5.74) is 1.51. The van der Waals surface area contributed by atoms with Crippen LogP contribution in [0.1, 0.15) is 6.92 Å². The van der Waals surface area contributed by atoms with E-state index in [1.807, 2.05) is 0 Å². The van der Waals surface area contributed by atoms with Gasteiger partial charge in [0.15, 0.2) is 0 Å². The number of fused-ring (bicyclic) bond motifs is 1. The van der Waals surface area contributed by atoms with Crippen LogP contribution in [0.2, 0.25) is 5.02 Å². The Hall–Kier alpha value is -3.76. The fourth-order valence-electron chi connectivity index (χ4n) is 3.17. The number of nitrogens with one attached hydrogen (secondary N) is 2. The van der Waals surface area contributed by atoms with E-state index in [2.05, 4.69) is 20.6 Å². The van der Waals surface area contributed by atoms with Gasteiger partial charge in [0.05, 0.1) is 36.5 Å². The normalized spacial score (nSPS) is 11.1. The number of rotatable bonds is 10. The first-order valence-corrected chi connectivity index (χ1v) is 11.0. The van der Waals surface area contributed by atoms with Gasteiger partial charge in [-0.05, 0) is 38.2 Å². The van der Waals surface area contributed by atoms with Crippen LogP contribution in [0.25, 0.3) is 10.9 Å². The van der Waals surface area contributed by atoms with Gasteiger partial charge in [-0.2, -0.15) is 0 Å². The van der Waals surface area contributed by atoms with Gasteiger partial charge < -0.3 is 20.1 Å². The summed E-state index contributed by atoms with van der Waals surface area (Å²) in [4.78, 5) is 34.3. The number of ether oxygens (including phenoxy) is 2. The predicted molar refractivity (Wildman–Crippen MR) is 133 cm³/mol. The Kier molecular flexibility index (Phi) is 8.93. The van der Waals surface area contributed by atoms with E-state index in [1.54, 1.807) is 37.1 Å². The molecule has 0 bridgehead atoms. The summed E-state index contributed by atoms with van der Waals surface area (Å²) in [5.74, 6) is -0.396. The molecule has 3 aromatic rings. The van der Waals surface area contributed by atoms with Crippen molar-refractivity contribution in [3.8, 4) is 5.75 Å². The van der Waals surface area contributed by atoms with E-state index in [4.69, 9.17) is 21.1 Å². The van der Waals surface area contributed by atoms with E-state index in [0.29, 0.717) is 47.0 Å². The number of carbonyl (C=O) groups is 2. The van der Waals surface area contributed by atoms with Crippen LogP contribution in [0.3, 0.4) is 0 Å². The van der Waals surface area contributed by atoms with E-state index >= 15 is 0 Å².